The van der Waals surface area contributed by atoms with Gasteiger partial charge in [-0.15, -0.1) is 0 Å². The lowest BCUT2D eigenvalue weighted by atomic mass is 10.2. The average Bonchev–Trinajstić information content (AvgIpc) is 3.00. The Kier molecular flexibility index (Phi) is 5.15. The highest BCUT2D eigenvalue weighted by Gasteiger charge is 2.07. The van der Waals surface area contributed by atoms with Crippen molar-refractivity contribution < 1.29 is 9.13 Å². The van der Waals surface area contributed by atoms with Gasteiger partial charge in [-0.2, -0.15) is 14.9 Å². The van der Waals surface area contributed by atoms with Crippen molar-refractivity contribution in [1.29, 1.82) is 0 Å². The molecule has 0 fully saturated rings. The normalized spacial score (nSPS) is 11.4. The van der Waals surface area contributed by atoms with Gasteiger partial charge < -0.3 is 4.74 Å². The molecule has 3 aromatic rings. The van der Waals surface area contributed by atoms with Gasteiger partial charge in [0.25, 0.3) is 0 Å². The van der Waals surface area contributed by atoms with E-state index in [0.29, 0.717) is 16.2 Å². The van der Waals surface area contributed by atoms with E-state index in [2.05, 4.69) is 15.3 Å². The number of hydrogen-bond donors (Lipinski definition) is 1. The Morgan fingerprint density at radius 2 is 1.96 bits per heavy atom. The molecule has 0 amide bonds. The van der Waals surface area contributed by atoms with Crippen LogP contribution in [0.4, 0.5) is 4.39 Å². The number of benzene rings is 2. The molecular formula is C18H15FN4OS. The molecule has 0 radical (unpaired) electrons. The molecule has 0 aliphatic carbocycles. The molecule has 2 aromatic carbocycles. The Morgan fingerprint density at radius 3 is 2.72 bits per heavy atom. The Labute approximate surface area is 149 Å². The van der Waals surface area contributed by atoms with E-state index in [-0.39, 0.29) is 5.82 Å². The largest absolute Gasteiger partial charge is 0.496 e. The number of ether oxygens (including phenoxy) is 1. The van der Waals surface area contributed by atoms with Crippen molar-refractivity contribution in [3.63, 3.8) is 0 Å². The molecule has 3 rings (SSSR count). The topological polar surface area (TPSA) is 55.2 Å². The number of halogens is 1. The molecule has 0 saturated carbocycles. The van der Waals surface area contributed by atoms with Crippen LogP contribution in [0.25, 0.3) is 17.5 Å². The molecular weight excluding hydrogens is 339 g/mol. The van der Waals surface area contributed by atoms with Crippen molar-refractivity contribution in [2.24, 2.45) is 5.10 Å². The number of para-hydroxylation sites is 1. The summed E-state index contributed by atoms with van der Waals surface area (Å²) in [6.45, 7) is 0. The summed E-state index contributed by atoms with van der Waals surface area (Å²) < 4.78 is 20.2. The van der Waals surface area contributed by atoms with E-state index in [1.807, 2.05) is 30.3 Å². The molecule has 0 spiro atoms. The van der Waals surface area contributed by atoms with Crippen molar-refractivity contribution in [1.82, 2.24) is 14.9 Å². The fourth-order valence-electron chi connectivity index (χ4n) is 2.24. The number of rotatable bonds is 5. The third-order valence-electron chi connectivity index (χ3n) is 3.44. The summed E-state index contributed by atoms with van der Waals surface area (Å²) >= 11 is 5.19. The van der Waals surface area contributed by atoms with E-state index in [9.17, 15) is 4.39 Å². The molecule has 0 unspecified atom stereocenters. The fourth-order valence-corrected chi connectivity index (χ4v) is 2.42. The number of aromatic nitrogens is 3. The second-order valence-corrected chi connectivity index (χ2v) is 5.42. The summed E-state index contributed by atoms with van der Waals surface area (Å²) in [6, 6.07) is 13.6. The highest BCUT2D eigenvalue weighted by Crippen LogP contribution is 2.19. The van der Waals surface area contributed by atoms with Gasteiger partial charge in [0.05, 0.1) is 7.11 Å². The zero-order valence-corrected chi connectivity index (χ0v) is 14.2. The average molecular weight is 354 g/mol. The molecule has 0 atom stereocenters. The Balaban J connectivity index is 1.85. The molecule has 0 bridgehead atoms. The third kappa shape index (κ3) is 3.89. The number of nitrogens with zero attached hydrogens (tertiary/aromatic N) is 3. The van der Waals surface area contributed by atoms with Crippen LogP contribution in [-0.2, 0) is 0 Å². The standard InChI is InChI=1S/C18H15FN4OS/c1-24-16-7-3-2-5-13(16)6-4-12-20-23-17(21-22-18(23)25)14-8-10-15(19)11-9-14/h2-12H,1H3,(H,22,25)/b6-4+,20-12?. The van der Waals surface area contributed by atoms with E-state index in [4.69, 9.17) is 17.0 Å². The maximum absolute atomic E-state index is 13.1. The monoisotopic (exact) mass is 354 g/mol. The number of H-pyrrole nitrogens is 1. The van der Waals surface area contributed by atoms with Crippen molar-refractivity contribution in [3.05, 3.63) is 70.8 Å². The summed E-state index contributed by atoms with van der Waals surface area (Å²) in [5, 5.41) is 11.1. The molecule has 126 valence electrons. The Morgan fingerprint density at radius 1 is 1.20 bits per heavy atom. The molecule has 0 aliphatic heterocycles. The van der Waals surface area contributed by atoms with Crippen molar-refractivity contribution in [3.8, 4) is 17.1 Å². The lowest BCUT2D eigenvalue weighted by molar-refractivity contribution is 0.414. The summed E-state index contributed by atoms with van der Waals surface area (Å²) in [6.07, 6.45) is 5.26. The predicted octanol–water partition coefficient (Wildman–Crippen LogP) is 4.30. The smallest absolute Gasteiger partial charge is 0.216 e. The minimum Gasteiger partial charge on any atom is -0.496 e. The molecule has 1 heterocycles. The van der Waals surface area contributed by atoms with Crippen molar-refractivity contribution in [2.75, 3.05) is 7.11 Å². The Hall–Kier alpha value is -3.06. The van der Waals surface area contributed by atoms with E-state index in [1.165, 1.54) is 16.8 Å². The maximum Gasteiger partial charge on any atom is 0.216 e. The number of methoxy groups -OCH3 is 1. The van der Waals surface area contributed by atoms with E-state index in [0.717, 1.165) is 11.3 Å². The summed E-state index contributed by atoms with van der Waals surface area (Å²) in [5.74, 6) is 0.971. The number of nitrogens with one attached hydrogen (secondary N) is 1. The Bertz CT molecular complexity index is 973. The lowest BCUT2D eigenvalue weighted by Gasteiger charge is -2.02. The number of allylic oxidation sites excluding steroid dienone is 1. The van der Waals surface area contributed by atoms with Crippen LogP contribution in [0.15, 0.2) is 59.7 Å². The van der Waals surface area contributed by atoms with Gasteiger partial charge in [-0.3, -0.25) is 0 Å². The highest BCUT2D eigenvalue weighted by atomic mass is 32.1. The van der Waals surface area contributed by atoms with Gasteiger partial charge in [0, 0.05) is 17.3 Å². The second kappa shape index (κ2) is 7.67. The number of aromatic amines is 1. The van der Waals surface area contributed by atoms with Crippen LogP contribution in [0.5, 0.6) is 5.75 Å². The predicted molar refractivity (Wildman–Crippen MR) is 98.7 cm³/mol. The van der Waals surface area contributed by atoms with Gasteiger partial charge in [-0.1, -0.05) is 18.2 Å². The van der Waals surface area contributed by atoms with Gasteiger partial charge in [0.1, 0.15) is 11.6 Å². The van der Waals surface area contributed by atoms with Gasteiger partial charge in [-0.05, 0) is 54.7 Å². The zero-order valence-electron chi connectivity index (χ0n) is 13.4. The molecule has 7 heteroatoms. The van der Waals surface area contributed by atoms with Gasteiger partial charge in [-0.25, -0.2) is 9.49 Å². The van der Waals surface area contributed by atoms with Crippen LogP contribution < -0.4 is 4.74 Å². The summed E-state index contributed by atoms with van der Waals surface area (Å²) in [7, 11) is 1.63. The van der Waals surface area contributed by atoms with E-state index in [1.54, 1.807) is 31.5 Å². The quantitative estimate of drug-likeness (QED) is 0.549. The minimum atomic E-state index is -0.312. The van der Waals surface area contributed by atoms with Gasteiger partial charge in [0.2, 0.25) is 4.77 Å². The van der Waals surface area contributed by atoms with E-state index >= 15 is 0 Å². The maximum atomic E-state index is 13.1. The first-order valence-electron chi connectivity index (χ1n) is 7.46. The molecule has 0 aliphatic rings. The third-order valence-corrected chi connectivity index (χ3v) is 3.70. The zero-order chi connectivity index (χ0) is 17.6. The van der Waals surface area contributed by atoms with Crippen LogP contribution in [0.3, 0.4) is 0 Å². The summed E-state index contributed by atoms with van der Waals surface area (Å²) in [5.41, 5.74) is 1.64. The first-order valence-corrected chi connectivity index (χ1v) is 7.87. The molecule has 1 N–H and O–H groups in total. The second-order valence-electron chi connectivity index (χ2n) is 5.04. The van der Waals surface area contributed by atoms with Gasteiger partial charge in [0.15, 0.2) is 5.82 Å². The van der Waals surface area contributed by atoms with Crippen LogP contribution in [0, 0.1) is 10.6 Å². The fraction of sp³-hybridized carbons (Fsp3) is 0.0556. The van der Waals surface area contributed by atoms with Gasteiger partial charge >= 0.3 is 0 Å². The van der Waals surface area contributed by atoms with E-state index < -0.39 is 0 Å². The molecule has 25 heavy (non-hydrogen) atoms. The highest BCUT2D eigenvalue weighted by molar-refractivity contribution is 7.71. The lowest BCUT2D eigenvalue weighted by Crippen LogP contribution is -1.93. The molecule has 0 saturated heterocycles. The first kappa shape index (κ1) is 16.8. The van der Waals surface area contributed by atoms with Crippen molar-refractivity contribution >= 4 is 24.5 Å². The van der Waals surface area contributed by atoms with Crippen LogP contribution >= 0.6 is 12.2 Å². The summed E-state index contributed by atoms with van der Waals surface area (Å²) in [4.78, 5) is 0. The van der Waals surface area contributed by atoms with Crippen molar-refractivity contribution in [2.45, 2.75) is 0 Å². The number of hydrogen-bond acceptors (Lipinski definition) is 4. The molecule has 1 aromatic heterocycles. The van der Waals surface area contributed by atoms with Crippen LogP contribution in [0.1, 0.15) is 5.56 Å². The molecule has 5 nitrogen and oxygen atoms in total. The van der Waals surface area contributed by atoms with Crippen LogP contribution in [0.2, 0.25) is 0 Å². The minimum absolute atomic E-state index is 0.312. The SMILES string of the molecule is COc1ccccc1/C=C/C=Nn1c(-c2ccc(F)cc2)n[nH]c1=S. The van der Waals surface area contributed by atoms with Crippen LogP contribution in [-0.4, -0.2) is 28.2 Å². The first-order chi connectivity index (χ1) is 12.2.